The van der Waals surface area contributed by atoms with Crippen molar-refractivity contribution in [2.24, 2.45) is 0 Å². The van der Waals surface area contributed by atoms with Crippen LogP contribution in [-0.2, 0) is 0 Å². The smallest absolute Gasteiger partial charge is 0.147 e. The zero-order valence-corrected chi connectivity index (χ0v) is 9.57. The number of anilines is 2. The molecule has 0 aliphatic carbocycles. The minimum absolute atomic E-state index is 0.364. The molecule has 0 amide bonds. The maximum Gasteiger partial charge on any atom is 0.147 e. The Morgan fingerprint density at radius 2 is 2.20 bits per heavy atom. The van der Waals surface area contributed by atoms with Crippen molar-refractivity contribution in [3.8, 4) is 0 Å². The number of rotatable bonds is 5. The van der Waals surface area contributed by atoms with Gasteiger partial charge in [0, 0.05) is 6.04 Å². The van der Waals surface area contributed by atoms with Gasteiger partial charge in [0.1, 0.15) is 11.6 Å². The number of hydrogen-bond acceptors (Lipinski definition) is 5. The van der Waals surface area contributed by atoms with Gasteiger partial charge in [0.05, 0.1) is 12.4 Å². The molecule has 1 rings (SSSR count). The number of aromatic nitrogens is 2. The van der Waals surface area contributed by atoms with Crippen molar-refractivity contribution in [2.75, 3.05) is 31.7 Å². The summed E-state index contributed by atoms with van der Waals surface area (Å²) in [6.45, 7) is 3.16. The highest BCUT2D eigenvalue weighted by Gasteiger charge is 2.03. The fourth-order valence-corrected chi connectivity index (χ4v) is 1.23. The van der Waals surface area contributed by atoms with Crippen LogP contribution in [0.2, 0.25) is 0 Å². The van der Waals surface area contributed by atoms with Crippen molar-refractivity contribution in [3.63, 3.8) is 0 Å². The van der Waals surface area contributed by atoms with Gasteiger partial charge in [-0.2, -0.15) is 0 Å². The first-order valence-corrected chi connectivity index (χ1v) is 5.06. The summed E-state index contributed by atoms with van der Waals surface area (Å²) in [5, 5.41) is 3.26. The van der Waals surface area contributed by atoms with Crippen LogP contribution in [-0.4, -0.2) is 41.5 Å². The molecule has 0 aromatic carbocycles. The first-order valence-electron chi connectivity index (χ1n) is 5.06. The molecule has 1 aromatic rings. The molecule has 0 fully saturated rings. The fraction of sp³-hybridized carbons (Fsp3) is 0.600. The van der Waals surface area contributed by atoms with Crippen molar-refractivity contribution < 1.29 is 0 Å². The Kier molecular flexibility index (Phi) is 4.30. The maximum atomic E-state index is 5.53. The van der Waals surface area contributed by atoms with E-state index in [2.05, 4.69) is 41.2 Å². The zero-order chi connectivity index (χ0) is 11.3. The Hall–Kier alpha value is -1.36. The van der Waals surface area contributed by atoms with Crippen molar-refractivity contribution in [2.45, 2.75) is 19.4 Å². The van der Waals surface area contributed by atoms with Crippen LogP contribution in [0.15, 0.2) is 12.4 Å². The topological polar surface area (TPSA) is 67.1 Å². The van der Waals surface area contributed by atoms with E-state index in [1.54, 1.807) is 6.20 Å². The normalized spacial score (nSPS) is 12.8. The Bertz CT molecular complexity index is 300. The lowest BCUT2D eigenvalue weighted by Crippen LogP contribution is -2.23. The molecule has 0 bridgehead atoms. The van der Waals surface area contributed by atoms with E-state index in [1.165, 1.54) is 6.20 Å². The monoisotopic (exact) mass is 209 g/mol. The molecule has 3 N–H and O–H groups in total. The molecule has 0 saturated heterocycles. The van der Waals surface area contributed by atoms with Crippen LogP contribution in [0.3, 0.4) is 0 Å². The van der Waals surface area contributed by atoms with Crippen LogP contribution in [0.4, 0.5) is 11.6 Å². The number of hydrogen-bond donors (Lipinski definition) is 2. The molecule has 0 radical (unpaired) electrons. The van der Waals surface area contributed by atoms with Gasteiger partial charge in [-0.05, 0) is 34.0 Å². The number of nitrogens with one attached hydrogen (secondary N) is 1. The summed E-state index contributed by atoms with van der Waals surface area (Å²) in [6, 6.07) is 0.364. The Morgan fingerprint density at radius 1 is 1.47 bits per heavy atom. The summed E-state index contributed by atoms with van der Waals surface area (Å²) in [5.74, 6) is 1.18. The molecule has 5 heteroatoms. The predicted octanol–water partition coefficient (Wildman–Crippen LogP) is 0.811. The average molecular weight is 209 g/mol. The van der Waals surface area contributed by atoms with Crippen molar-refractivity contribution in [1.82, 2.24) is 14.9 Å². The quantitative estimate of drug-likeness (QED) is 0.751. The molecular formula is C10H19N5. The molecule has 1 atom stereocenters. The van der Waals surface area contributed by atoms with Crippen LogP contribution >= 0.6 is 0 Å². The minimum atomic E-state index is 0.364. The second-order valence-electron chi connectivity index (χ2n) is 3.97. The summed E-state index contributed by atoms with van der Waals surface area (Å²) in [6.07, 6.45) is 4.28. The standard InChI is InChI=1S/C10H19N5/c1-8(4-5-15(2)3)13-10-7-12-6-9(11)14-10/h6-8H,4-5H2,1-3H3,(H3,11,13,14). The summed E-state index contributed by atoms with van der Waals surface area (Å²) >= 11 is 0. The number of nitrogens with two attached hydrogens (primary N) is 1. The summed E-state index contributed by atoms with van der Waals surface area (Å²) in [4.78, 5) is 10.3. The lowest BCUT2D eigenvalue weighted by Gasteiger charge is -2.16. The molecule has 15 heavy (non-hydrogen) atoms. The van der Waals surface area contributed by atoms with Crippen LogP contribution < -0.4 is 11.1 Å². The van der Waals surface area contributed by atoms with Gasteiger partial charge in [-0.3, -0.25) is 4.98 Å². The van der Waals surface area contributed by atoms with Crippen molar-refractivity contribution >= 4 is 11.6 Å². The Morgan fingerprint density at radius 3 is 2.80 bits per heavy atom. The average Bonchev–Trinajstić information content (AvgIpc) is 2.15. The molecular weight excluding hydrogens is 190 g/mol. The molecule has 1 aromatic heterocycles. The molecule has 0 aliphatic heterocycles. The lowest BCUT2D eigenvalue weighted by molar-refractivity contribution is 0.390. The molecule has 5 nitrogen and oxygen atoms in total. The minimum Gasteiger partial charge on any atom is -0.382 e. The molecule has 1 unspecified atom stereocenters. The third-order valence-electron chi connectivity index (χ3n) is 2.06. The molecule has 0 saturated carbocycles. The first-order chi connectivity index (χ1) is 7.08. The Balaban J connectivity index is 2.40. The van der Waals surface area contributed by atoms with Gasteiger partial charge < -0.3 is 16.0 Å². The van der Waals surface area contributed by atoms with Gasteiger partial charge >= 0.3 is 0 Å². The van der Waals surface area contributed by atoms with Gasteiger partial charge in [-0.15, -0.1) is 0 Å². The molecule has 0 spiro atoms. The van der Waals surface area contributed by atoms with Crippen molar-refractivity contribution in [3.05, 3.63) is 12.4 Å². The van der Waals surface area contributed by atoms with E-state index < -0.39 is 0 Å². The lowest BCUT2D eigenvalue weighted by atomic mass is 10.2. The van der Waals surface area contributed by atoms with E-state index in [1.807, 2.05) is 0 Å². The van der Waals surface area contributed by atoms with E-state index in [0.29, 0.717) is 11.9 Å². The molecule has 0 aliphatic rings. The SMILES string of the molecule is CC(CCN(C)C)Nc1cncc(N)n1. The second kappa shape index (κ2) is 5.50. The molecule has 1 heterocycles. The predicted molar refractivity (Wildman–Crippen MR) is 62.7 cm³/mol. The highest BCUT2D eigenvalue weighted by Crippen LogP contribution is 2.06. The van der Waals surface area contributed by atoms with Gasteiger partial charge in [0.2, 0.25) is 0 Å². The van der Waals surface area contributed by atoms with E-state index in [0.717, 1.165) is 18.8 Å². The largest absolute Gasteiger partial charge is 0.382 e. The van der Waals surface area contributed by atoms with E-state index in [9.17, 15) is 0 Å². The summed E-state index contributed by atoms with van der Waals surface area (Å²) < 4.78 is 0. The highest BCUT2D eigenvalue weighted by atomic mass is 15.1. The van der Waals surface area contributed by atoms with Gasteiger partial charge in [0.25, 0.3) is 0 Å². The van der Waals surface area contributed by atoms with E-state index >= 15 is 0 Å². The van der Waals surface area contributed by atoms with Crippen LogP contribution in [0.1, 0.15) is 13.3 Å². The maximum absolute atomic E-state index is 5.53. The summed E-state index contributed by atoms with van der Waals surface area (Å²) in [5.41, 5.74) is 5.53. The Labute approximate surface area is 90.7 Å². The van der Waals surface area contributed by atoms with Crippen molar-refractivity contribution in [1.29, 1.82) is 0 Å². The van der Waals surface area contributed by atoms with E-state index in [-0.39, 0.29) is 0 Å². The van der Waals surface area contributed by atoms with Crippen LogP contribution in [0.25, 0.3) is 0 Å². The van der Waals surface area contributed by atoms with Gasteiger partial charge in [0.15, 0.2) is 0 Å². The summed E-state index contributed by atoms with van der Waals surface area (Å²) in [7, 11) is 4.13. The molecule has 84 valence electrons. The number of nitrogen functional groups attached to an aromatic ring is 1. The first kappa shape index (κ1) is 11.7. The van der Waals surface area contributed by atoms with Crippen LogP contribution in [0, 0.1) is 0 Å². The number of nitrogens with zero attached hydrogens (tertiary/aromatic N) is 3. The van der Waals surface area contributed by atoms with Gasteiger partial charge in [-0.1, -0.05) is 0 Å². The van der Waals surface area contributed by atoms with Crippen LogP contribution in [0.5, 0.6) is 0 Å². The zero-order valence-electron chi connectivity index (χ0n) is 9.57. The van der Waals surface area contributed by atoms with E-state index in [4.69, 9.17) is 5.73 Å². The third kappa shape index (κ3) is 4.60. The highest BCUT2D eigenvalue weighted by molar-refractivity contribution is 5.38. The fourth-order valence-electron chi connectivity index (χ4n) is 1.23. The van der Waals surface area contributed by atoms with Gasteiger partial charge in [-0.25, -0.2) is 4.98 Å². The second-order valence-corrected chi connectivity index (χ2v) is 3.97. The third-order valence-corrected chi connectivity index (χ3v) is 2.06.